The lowest BCUT2D eigenvalue weighted by Crippen LogP contribution is -2.35. The molecule has 1 fully saturated rings. The zero-order valence-electron chi connectivity index (χ0n) is 7.41. The summed E-state index contributed by atoms with van der Waals surface area (Å²) in [7, 11) is 1.64. The van der Waals surface area contributed by atoms with Crippen molar-refractivity contribution in [3.05, 3.63) is 0 Å². The topological polar surface area (TPSA) is 46.3 Å². The van der Waals surface area contributed by atoms with Crippen molar-refractivity contribution in [1.82, 2.24) is 4.81 Å². The number of nitrogens with two attached hydrogens (primary N) is 1. The average Bonchev–Trinajstić information content (AvgIpc) is 2.00. The fraction of sp³-hybridized carbons (Fsp3) is 0.875. The first-order chi connectivity index (χ1) is 5.83. The van der Waals surface area contributed by atoms with Gasteiger partial charge >= 0.3 is 0 Å². The van der Waals surface area contributed by atoms with Gasteiger partial charge in [-0.1, -0.05) is 0 Å². The van der Waals surface area contributed by atoms with E-state index in [9.17, 15) is 4.79 Å². The molecule has 12 heavy (non-hydrogen) atoms. The third-order valence-corrected chi connectivity index (χ3v) is 2.31. The van der Waals surface area contributed by atoms with Gasteiger partial charge in [0.2, 0.25) is 0 Å². The van der Waals surface area contributed by atoms with Crippen LogP contribution in [0.5, 0.6) is 0 Å². The van der Waals surface area contributed by atoms with Gasteiger partial charge in [0.05, 0.1) is 6.19 Å². The second kappa shape index (κ2) is 5.33. The van der Waals surface area contributed by atoms with Gasteiger partial charge in [0.25, 0.3) is 7.41 Å². The molecule has 0 aromatic heterocycles. The van der Waals surface area contributed by atoms with Crippen LogP contribution in [0.4, 0.5) is 0 Å². The maximum absolute atomic E-state index is 10.2. The van der Waals surface area contributed by atoms with E-state index >= 15 is 0 Å². The zero-order chi connectivity index (χ0) is 8.81. The molecule has 0 aromatic carbocycles. The van der Waals surface area contributed by atoms with Crippen LogP contribution in [0.1, 0.15) is 25.7 Å². The summed E-state index contributed by atoms with van der Waals surface area (Å²) in [6.45, 7) is 1.96. The second-order valence-corrected chi connectivity index (χ2v) is 3.37. The van der Waals surface area contributed by atoms with Gasteiger partial charge in [-0.3, -0.25) is 0 Å². The molecule has 67 valence electrons. The van der Waals surface area contributed by atoms with Crippen LogP contribution in [0, 0.1) is 0 Å². The van der Waals surface area contributed by atoms with E-state index < -0.39 is 0 Å². The molecule has 0 bridgehead atoms. The fourth-order valence-electron chi connectivity index (χ4n) is 1.60. The summed E-state index contributed by atoms with van der Waals surface area (Å²) in [4.78, 5) is 12.3. The lowest BCUT2D eigenvalue weighted by atomic mass is 9.91. The Kier molecular flexibility index (Phi) is 4.32. The Labute approximate surface area is 74.6 Å². The molecule has 0 atom stereocenters. The molecule has 0 aromatic rings. The van der Waals surface area contributed by atoms with Gasteiger partial charge < -0.3 is 15.3 Å². The van der Waals surface area contributed by atoms with Crippen LogP contribution in [0.25, 0.3) is 0 Å². The van der Waals surface area contributed by atoms with Crippen molar-refractivity contribution in [2.75, 3.05) is 13.1 Å². The summed E-state index contributed by atoms with van der Waals surface area (Å²) in [6.07, 6.45) is 5.24. The quantitative estimate of drug-likeness (QED) is 0.465. The molecule has 0 amide bonds. The molecule has 0 spiro atoms. The van der Waals surface area contributed by atoms with Crippen molar-refractivity contribution in [2.24, 2.45) is 5.73 Å². The minimum atomic E-state index is 0.378. The number of nitrogens with zero attached hydrogens (tertiary/aromatic N) is 1. The molecule has 1 heterocycles. The molecule has 1 aliphatic rings. The molecule has 3 nitrogen and oxygen atoms in total. The maximum atomic E-state index is 10.2. The number of carbonyl (C=O) groups is 1. The average molecular weight is 167 g/mol. The van der Waals surface area contributed by atoms with Gasteiger partial charge in [-0.05, 0) is 38.8 Å². The molecule has 0 saturated carbocycles. The van der Waals surface area contributed by atoms with Gasteiger partial charge in [-0.2, -0.15) is 0 Å². The predicted octanol–water partition coefficient (Wildman–Crippen LogP) is -0.000900. The Bertz CT molecular complexity index is 133. The molecule has 4 heteroatoms. The van der Waals surface area contributed by atoms with Crippen LogP contribution in [0.3, 0.4) is 0 Å². The Morgan fingerprint density at radius 2 is 1.92 bits per heavy atom. The minimum Gasteiger partial charge on any atom is -0.340 e. The van der Waals surface area contributed by atoms with Crippen LogP contribution in [-0.4, -0.2) is 37.5 Å². The molecule has 1 aliphatic heterocycles. The van der Waals surface area contributed by atoms with E-state index in [1.54, 1.807) is 7.41 Å². The van der Waals surface area contributed by atoms with Crippen molar-refractivity contribution in [3.63, 3.8) is 0 Å². The summed E-state index contributed by atoms with van der Waals surface area (Å²) in [6, 6.07) is 0.378. The summed E-state index contributed by atoms with van der Waals surface area (Å²) in [5.41, 5.74) is 5.83. The van der Waals surface area contributed by atoms with E-state index in [-0.39, 0.29) is 0 Å². The fourth-order valence-corrected chi connectivity index (χ4v) is 1.60. The largest absolute Gasteiger partial charge is 0.340 e. The Balaban J connectivity index is 2.25. The highest BCUT2D eigenvalue weighted by atomic mass is 16.1. The third-order valence-electron chi connectivity index (χ3n) is 2.31. The van der Waals surface area contributed by atoms with Gasteiger partial charge in [0.15, 0.2) is 0 Å². The maximum Gasteiger partial charge on any atom is 0.293 e. The molecule has 1 radical (unpaired) electrons. The first-order valence-corrected chi connectivity index (χ1v) is 4.61. The van der Waals surface area contributed by atoms with Crippen LogP contribution < -0.4 is 5.73 Å². The van der Waals surface area contributed by atoms with Gasteiger partial charge in [0, 0.05) is 6.04 Å². The van der Waals surface area contributed by atoms with E-state index in [2.05, 4.69) is 4.81 Å². The zero-order valence-corrected chi connectivity index (χ0v) is 7.41. The number of carbonyl (C=O) groups excluding carboxylic acids is 1. The van der Waals surface area contributed by atoms with Crippen molar-refractivity contribution in [1.29, 1.82) is 0 Å². The molecule has 0 unspecified atom stereocenters. The van der Waals surface area contributed by atoms with Gasteiger partial charge in [-0.15, -0.1) is 0 Å². The second-order valence-electron chi connectivity index (χ2n) is 3.37. The van der Waals surface area contributed by atoms with E-state index in [0.29, 0.717) is 6.04 Å². The Hall–Kier alpha value is -0.345. The monoisotopic (exact) mass is 167 g/mol. The highest BCUT2D eigenvalue weighted by Crippen LogP contribution is 2.08. The predicted molar refractivity (Wildman–Crippen MR) is 50.5 cm³/mol. The Morgan fingerprint density at radius 3 is 2.42 bits per heavy atom. The number of hydrogen-bond donors (Lipinski definition) is 1. The smallest absolute Gasteiger partial charge is 0.293 e. The van der Waals surface area contributed by atoms with Crippen LogP contribution in [0.15, 0.2) is 0 Å². The van der Waals surface area contributed by atoms with Crippen molar-refractivity contribution < 1.29 is 4.79 Å². The van der Waals surface area contributed by atoms with Crippen molar-refractivity contribution in [2.45, 2.75) is 31.7 Å². The molecule has 1 saturated heterocycles. The molecular weight excluding hydrogens is 151 g/mol. The first-order valence-electron chi connectivity index (χ1n) is 4.61. The van der Waals surface area contributed by atoms with E-state index in [0.717, 1.165) is 45.0 Å². The van der Waals surface area contributed by atoms with Crippen molar-refractivity contribution >= 4 is 13.6 Å². The SMILES string of the molecule is NC1CCCN([B]C=O)CCC1. The van der Waals surface area contributed by atoms with Crippen molar-refractivity contribution in [3.8, 4) is 0 Å². The molecule has 2 N–H and O–H groups in total. The summed E-state index contributed by atoms with van der Waals surface area (Å²) in [5.74, 6) is 0. The summed E-state index contributed by atoms with van der Waals surface area (Å²) in [5, 5.41) is 0. The van der Waals surface area contributed by atoms with E-state index in [4.69, 9.17) is 5.73 Å². The van der Waals surface area contributed by atoms with Gasteiger partial charge in [0.1, 0.15) is 0 Å². The normalized spacial score (nSPS) is 22.8. The van der Waals surface area contributed by atoms with Crippen LogP contribution >= 0.6 is 0 Å². The lowest BCUT2D eigenvalue weighted by Gasteiger charge is -2.24. The number of rotatable bonds is 2. The summed E-state index contributed by atoms with van der Waals surface area (Å²) >= 11 is 0. The van der Waals surface area contributed by atoms with Gasteiger partial charge in [-0.25, -0.2) is 0 Å². The van der Waals surface area contributed by atoms with E-state index in [1.807, 2.05) is 0 Å². The van der Waals surface area contributed by atoms with Crippen LogP contribution in [0.2, 0.25) is 0 Å². The highest BCUT2D eigenvalue weighted by molar-refractivity contribution is 6.64. The van der Waals surface area contributed by atoms with E-state index in [1.165, 1.54) is 0 Å². The molecule has 1 rings (SSSR count). The first kappa shape index (κ1) is 9.74. The summed E-state index contributed by atoms with van der Waals surface area (Å²) < 4.78 is 0. The minimum absolute atomic E-state index is 0.378. The lowest BCUT2D eigenvalue weighted by molar-refractivity contribution is 0.361. The highest BCUT2D eigenvalue weighted by Gasteiger charge is 2.11. The third kappa shape index (κ3) is 3.37. The Morgan fingerprint density at radius 1 is 1.33 bits per heavy atom. The molecule has 0 aliphatic carbocycles. The number of hydrogen-bond acceptors (Lipinski definition) is 3. The molecular formula is C8H16BN2O. The van der Waals surface area contributed by atoms with Crippen LogP contribution in [-0.2, 0) is 4.79 Å². The standard InChI is InChI=1S/C8H16BN2O/c10-8-3-1-5-11(9-7-12)6-2-4-8/h7-8H,1-6,10H2.